The summed E-state index contributed by atoms with van der Waals surface area (Å²) >= 11 is 0. The van der Waals surface area contributed by atoms with Crippen LogP contribution >= 0.6 is 0 Å². The summed E-state index contributed by atoms with van der Waals surface area (Å²) in [5, 5.41) is 8.14. The smallest absolute Gasteiger partial charge is 0.216 e. The van der Waals surface area contributed by atoms with Gasteiger partial charge in [-0.25, -0.2) is 13.1 Å². The molecule has 102 valence electrons. The number of piperidine rings is 1. The third-order valence-corrected chi connectivity index (χ3v) is 5.44. The summed E-state index contributed by atoms with van der Waals surface area (Å²) in [4.78, 5) is 2.26. The molecule has 0 saturated carbocycles. The number of hydrogen-bond donors (Lipinski definition) is 2. The molecule has 1 atom stereocenters. The molecule has 2 N–H and O–H groups in total. The fourth-order valence-corrected chi connectivity index (χ4v) is 2.88. The molecule has 0 spiro atoms. The number of rotatable bonds is 5. The largest absolute Gasteiger partial charge is 0.395 e. The Morgan fingerprint density at radius 2 is 1.94 bits per heavy atom. The lowest BCUT2D eigenvalue weighted by molar-refractivity contribution is 0.142. The summed E-state index contributed by atoms with van der Waals surface area (Å²) in [6.07, 6.45) is 2.00. The van der Waals surface area contributed by atoms with Gasteiger partial charge in [-0.3, -0.25) is 0 Å². The van der Waals surface area contributed by atoms with Crippen LogP contribution in [0, 0.1) is 5.41 Å². The van der Waals surface area contributed by atoms with E-state index in [0.29, 0.717) is 6.54 Å². The van der Waals surface area contributed by atoms with Crippen LogP contribution in [0.2, 0.25) is 0 Å². The molecule has 6 heteroatoms. The van der Waals surface area contributed by atoms with Crippen molar-refractivity contribution >= 4 is 10.0 Å². The predicted molar refractivity (Wildman–Crippen MR) is 68.3 cm³/mol. The molecule has 0 aromatic rings. The summed E-state index contributed by atoms with van der Waals surface area (Å²) in [6, 6.07) is 0. The van der Waals surface area contributed by atoms with E-state index in [1.54, 1.807) is 0 Å². The standard InChI is InChI=1S/C11H24N2O3S/c1-10(8-14)17(15,16)12-9-11(2)4-6-13(3)7-5-11/h10,12,14H,4-9H2,1-3H3. The molecule has 1 saturated heterocycles. The predicted octanol–water partition coefficient (Wildman–Crippen LogP) is 0.0185. The molecular weight excluding hydrogens is 240 g/mol. The Kier molecular flexibility index (Phi) is 4.95. The van der Waals surface area contributed by atoms with Gasteiger partial charge in [0.05, 0.1) is 11.9 Å². The van der Waals surface area contributed by atoms with Gasteiger partial charge in [0, 0.05) is 6.54 Å². The van der Waals surface area contributed by atoms with E-state index < -0.39 is 15.3 Å². The van der Waals surface area contributed by atoms with Crippen LogP contribution in [0.5, 0.6) is 0 Å². The SMILES string of the molecule is CC(CO)S(=O)(=O)NCC1(C)CCN(C)CC1. The number of aliphatic hydroxyl groups excluding tert-OH is 1. The van der Waals surface area contributed by atoms with Crippen molar-refractivity contribution in [1.82, 2.24) is 9.62 Å². The fraction of sp³-hybridized carbons (Fsp3) is 1.00. The second kappa shape index (κ2) is 5.65. The number of hydrogen-bond acceptors (Lipinski definition) is 4. The highest BCUT2D eigenvalue weighted by Gasteiger charge is 2.31. The van der Waals surface area contributed by atoms with Gasteiger partial charge in [0.25, 0.3) is 0 Å². The molecule has 0 aromatic heterocycles. The molecule has 17 heavy (non-hydrogen) atoms. The molecule has 1 heterocycles. The molecule has 1 unspecified atom stereocenters. The van der Waals surface area contributed by atoms with Gasteiger partial charge in [-0.2, -0.15) is 0 Å². The van der Waals surface area contributed by atoms with Crippen molar-refractivity contribution in [2.24, 2.45) is 5.41 Å². The first-order chi connectivity index (χ1) is 7.79. The van der Waals surface area contributed by atoms with E-state index >= 15 is 0 Å². The number of sulfonamides is 1. The topological polar surface area (TPSA) is 69.6 Å². The zero-order valence-corrected chi connectivity index (χ0v) is 11.8. The molecule has 5 nitrogen and oxygen atoms in total. The highest BCUT2D eigenvalue weighted by Crippen LogP contribution is 2.29. The van der Waals surface area contributed by atoms with Crippen molar-refractivity contribution < 1.29 is 13.5 Å². The zero-order valence-electron chi connectivity index (χ0n) is 10.9. The molecule has 0 radical (unpaired) electrons. The lowest BCUT2D eigenvalue weighted by Crippen LogP contribution is -2.45. The Morgan fingerprint density at radius 1 is 1.41 bits per heavy atom. The zero-order chi connectivity index (χ0) is 13.1. The molecule has 0 amide bonds. The summed E-state index contributed by atoms with van der Waals surface area (Å²) < 4.78 is 26.1. The van der Waals surface area contributed by atoms with Crippen LogP contribution in [-0.4, -0.2) is 57.0 Å². The first-order valence-electron chi connectivity index (χ1n) is 6.07. The maximum atomic E-state index is 11.7. The average molecular weight is 264 g/mol. The van der Waals surface area contributed by atoms with E-state index in [1.807, 2.05) is 0 Å². The third-order valence-electron chi connectivity index (χ3n) is 3.68. The first-order valence-corrected chi connectivity index (χ1v) is 7.62. The number of nitrogens with one attached hydrogen (secondary N) is 1. The van der Waals surface area contributed by atoms with Crippen molar-refractivity contribution in [2.45, 2.75) is 31.9 Å². The maximum Gasteiger partial charge on any atom is 0.216 e. The minimum Gasteiger partial charge on any atom is -0.395 e. The summed E-state index contributed by atoms with van der Waals surface area (Å²) in [5.41, 5.74) is 0.0365. The minimum atomic E-state index is -3.37. The van der Waals surface area contributed by atoms with Gasteiger partial charge in [0.1, 0.15) is 0 Å². The van der Waals surface area contributed by atoms with Crippen LogP contribution in [0.4, 0.5) is 0 Å². The fourth-order valence-electron chi connectivity index (χ4n) is 1.85. The van der Waals surface area contributed by atoms with Gasteiger partial charge in [-0.15, -0.1) is 0 Å². The maximum absolute atomic E-state index is 11.7. The van der Waals surface area contributed by atoms with Gasteiger partial charge in [-0.1, -0.05) is 6.92 Å². The molecule has 0 bridgehead atoms. The first kappa shape index (κ1) is 14.9. The van der Waals surface area contributed by atoms with Gasteiger partial charge >= 0.3 is 0 Å². The van der Waals surface area contributed by atoms with E-state index in [-0.39, 0.29) is 12.0 Å². The Labute approximate surface area is 104 Å². The third kappa shape index (κ3) is 4.21. The Hall–Kier alpha value is -0.170. The summed E-state index contributed by atoms with van der Waals surface area (Å²) in [7, 11) is -1.29. The molecule has 1 aliphatic rings. The number of aliphatic hydroxyl groups is 1. The Bertz CT molecular complexity index is 335. The molecular formula is C11H24N2O3S. The summed E-state index contributed by atoms with van der Waals surface area (Å²) in [5.74, 6) is 0. The van der Waals surface area contributed by atoms with Crippen molar-refractivity contribution in [3.8, 4) is 0 Å². The molecule has 1 fully saturated rings. The molecule has 0 aliphatic carbocycles. The lowest BCUT2D eigenvalue weighted by Gasteiger charge is -2.38. The van der Waals surface area contributed by atoms with E-state index in [4.69, 9.17) is 5.11 Å². The van der Waals surface area contributed by atoms with Crippen molar-refractivity contribution in [2.75, 3.05) is 33.3 Å². The van der Waals surface area contributed by atoms with Crippen LogP contribution < -0.4 is 4.72 Å². The monoisotopic (exact) mass is 264 g/mol. The van der Waals surface area contributed by atoms with Crippen molar-refractivity contribution in [1.29, 1.82) is 0 Å². The molecule has 0 aromatic carbocycles. The van der Waals surface area contributed by atoms with Gasteiger partial charge in [0.15, 0.2) is 0 Å². The average Bonchev–Trinajstić information content (AvgIpc) is 2.30. The highest BCUT2D eigenvalue weighted by molar-refractivity contribution is 7.90. The quantitative estimate of drug-likeness (QED) is 0.734. The van der Waals surface area contributed by atoms with Crippen LogP contribution in [0.15, 0.2) is 0 Å². The second-order valence-corrected chi connectivity index (χ2v) is 7.66. The van der Waals surface area contributed by atoms with E-state index in [2.05, 4.69) is 23.6 Å². The summed E-state index contributed by atoms with van der Waals surface area (Å²) in [6.45, 7) is 5.77. The number of likely N-dealkylation sites (tertiary alicyclic amines) is 1. The van der Waals surface area contributed by atoms with Crippen molar-refractivity contribution in [3.63, 3.8) is 0 Å². The lowest BCUT2D eigenvalue weighted by atomic mass is 9.81. The van der Waals surface area contributed by atoms with Crippen LogP contribution in [0.1, 0.15) is 26.7 Å². The second-order valence-electron chi connectivity index (χ2n) is 5.47. The minimum absolute atomic E-state index is 0.0365. The van der Waals surface area contributed by atoms with E-state index in [1.165, 1.54) is 6.92 Å². The number of nitrogens with zero attached hydrogens (tertiary/aromatic N) is 1. The van der Waals surface area contributed by atoms with Crippen molar-refractivity contribution in [3.05, 3.63) is 0 Å². The van der Waals surface area contributed by atoms with E-state index in [9.17, 15) is 8.42 Å². The molecule has 1 rings (SSSR count). The Morgan fingerprint density at radius 3 is 2.41 bits per heavy atom. The van der Waals surface area contributed by atoms with Crippen LogP contribution in [-0.2, 0) is 10.0 Å². The highest BCUT2D eigenvalue weighted by atomic mass is 32.2. The van der Waals surface area contributed by atoms with Crippen LogP contribution in [0.3, 0.4) is 0 Å². The molecule has 1 aliphatic heterocycles. The normalized spacial score (nSPS) is 23.5. The van der Waals surface area contributed by atoms with Gasteiger partial charge < -0.3 is 10.0 Å². The van der Waals surface area contributed by atoms with Gasteiger partial charge in [0.2, 0.25) is 10.0 Å². The van der Waals surface area contributed by atoms with E-state index in [0.717, 1.165) is 25.9 Å². The van der Waals surface area contributed by atoms with Gasteiger partial charge in [-0.05, 0) is 45.3 Å². The Balaban J connectivity index is 2.50. The van der Waals surface area contributed by atoms with Crippen LogP contribution in [0.25, 0.3) is 0 Å².